The average Bonchev–Trinajstić information content (AvgIpc) is 2.73. The summed E-state index contributed by atoms with van der Waals surface area (Å²) in [5.74, 6) is 0.643. The lowest BCUT2D eigenvalue weighted by Crippen LogP contribution is -2.22. The third-order valence-corrected chi connectivity index (χ3v) is 2.66. The fourth-order valence-electron chi connectivity index (χ4n) is 1.73. The van der Waals surface area contributed by atoms with Gasteiger partial charge >= 0.3 is 6.18 Å². The van der Waals surface area contributed by atoms with Crippen molar-refractivity contribution < 1.29 is 22.6 Å². The van der Waals surface area contributed by atoms with Crippen LogP contribution in [0.2, 0.25) is 0 Å². The molecule has 0 aromatic carbocycles. The molecule has 0 amide bonds. The van der Waals surface area contributed by atoms with Crippen molar-refractivity contribution in [3.05, 3.63) is 0 Å². The molecule has 0 spiro atoms. The molecule has 1 saturated heterocycles. The lowest BCUT2D eigenvalue weighted by molar-refractivity contribution is -0.173. The first kappa shape index (κ1) is 14.7. The molecule has 0 saturated carbocycles. The average molecular weight is 255 g/mol. The van der Waals surface area contributed by atoms with E-state index in [-0.39, 0.29) is 6.61 Å². The summed E-state index contributed by atoms with van der Waals surface area (Å²) in [7, 11) is 0. The van der Waals surface area contributed by atoms with Crippen molar-refractivity contribution >= 4 is 0 Å². The SMILES string of the molecule is FC(F)(F)COCCCNCCC1CCOC1. The highest BCUT2D eigenvalue weighted by Crippen LogP contribution is 2.15. The summed E-state index contributed by atoms with van der Waals surface area (Å²) in [5.41, 5.74) is 0. The summed E-state index contributed by atoms with van der Waals surface area (Å²) < 4.78 is 44.9. The third-order valence-electron chi connectivity index (χ3n) is 2.66. The zero-order chi connectivity index (χ0) is 12.6. The molecule has 1 atom stereocenters. The van der Waals surface area contributed by atoms with Crippen LogP contribution in [0.5, 0.6) is 0 Å². The largest absolute Gasteiger partial charge is 0.411 e. The summed E-state index contributed by atoms with van der Waals surface area (Å²) >= 11 is 0. The van der Waals surface area contributed by atoms with E-state index in [1.165, 1.54) is 0 Å². The molecule has 0 radical (unpaired) electrons. The fraction of sp³-hybridized carbons (Fsp3) is 1.00. The normalized spacial score (nSPS) is 21.0. The smallest absolute Gasteiger partial charge is 0.381 e. The predicted molar refractivity (Wildman–Crippen MR) is 57.9 cm³/mol. The van der Waals surface area contributed by atoms with E-state index in [9.17, 15) is 13.2 Å². The fourth-order valence-corrected chi connectivity index (χ4v) is 1.73. The lowest BCUT2D eigenvalue weighted by atomic mass is 10.1. The summed E-state index contributed by atoms with van der Waals surface area (Å²) in [4.78, 5) is 0. The van der Waals surface area contributed by atoms with Crippen LogP contribution in [-0.4, -0.2) is 45.7 Å². The molecule has 0 aromatic rings. The minimum Gasteiger partial charge on any atom is -0.381 e. The van der Waals surface area contributed by atoms with Crippen LogP contribution in [0.4, 0.5) is 13.2 Å². The molecule has 0 aliphatic carbocycles. The number of alkyl halides is 3. The lowest BCUT2D eigenvalue weighted by Gasteiger charge is -2.09. The number of halogens is 3. The Balaban J connectivity index is 1.78. The van der Waals surface area contributed by atoms with Gasteiger partial charge in [-0.05, 0) is 38.3 Å². The van der Waals surface area contributed by atoms with Crippen LogP contribution in [0.25, 0.3) is 0 Å². The third kappa shape index (κ3) is 8.40. The molecule has 1 aliphatic heterocycles. The van der Waals surface area contributed by atoms with Gasteiger partial charge in [-0.3, -0.25) is 0 Å². The minimum absolute atomic E-state index is 0.152. The van der Waals surface area contributed by atoms with Gasteiger partial charge < -0.3 is 14.8 Å². The van der Waals surface area contributed by atoms with Crippen LogP contribution >= 0.6 is 0 Å². The van der Waals surface area contributed by atoms with E-state index < -0.39 is 12.8 Å². The van der Waals surface area contributed by atoms with Gasteiger partial charge in [0.1, 0.15) is 6.61 Å². The van der Waals surface area contributed by atoms with Gasteiger partial charge in [0, 0.05) is 19.8 Å². The molecule has 102 valence electrons. The van der Waals surface area contributed by atoms with Gasteiger partial charge in [-0.15, -0.1) is 0 Å². The standard InChI is InChI=1S/C11H20F3NO2/c12-11(13,14)9-17-6-1-4-15-5-2-10-3-7-16-8-10/h10,15H,1-9H2. The highest BCUT2D eigenvalue weighted by atomic mass is 19.4. The van der Waals surface area contributed by atoms with Crippen molar-refractivity contribution in [3.8, 4) is 0 Å². The summed E-state index contributed by atoms with van der Waals surface area (Å²) in [6.07, 6.45) is -1.41. The van der Waals surface area contributed by atoms with Crippen LogP contribution in [0.15, 0.2) is 0 Å². The second kappa shape index (κ2) is 7.89. The van der Waals surface area contributed by atoms with E-state index in [1.807, 2.05) is 0 Å². The van der Waals surface area contributed by atoms with E-state index in [0.29, 0.717) is 18.9 Å². The van der Waals surface area contributed by atoms with Crippen LogP contribution in [0.1, 0.15) is 19.3 Å². The van der Waals surface area contributed by atoms with E-state index >= 15 is 0 Å². The van der Waals surface area contributed by atoms with Crippen LogP contribution in [0, 0.1) is 5.92 Å². The van der Waals surface area contributed by atoms with Crippen molar-refractivity contribution in [2.75, 3.05) is 39.5 Å². The monoisotopic (exact) mass is 255 g/mol. The maximum absolute atomic E-state index is 11.7. The number of rotatable bonds is 8. The Hall–Kier alpha value is -0.330. The highest BCUT2D eigenvalue weighted by molar-refractivity contribution is 4.65. The molecule has 0 aromatic heterocycles. The Labute approximate surface area is 99.7 Å². The molecular formula is C11H20F3NO2. The van der Waals surface area contributed by atoms with Gasteiger partial charge in [0.25, 0.3) is 0 Å². The second-order valence-electron chi connectivity index (χ2n) is 4.29. The van der Waals surface area contributed by atoms with Crippen molar-refractivity contribution in [1.29, 1.82) is 0 Å². The zero-order valence-corrected chi connectivity index (χ0v) is 9.89. The Morgan fingerprint density at radius 2 is 2.12 bits per heavy atom. The molecule has 1 unspecified atom stereocenters. The Kier molecular flexibility index (Phi) is 6.84. The van der Waals surface area contributed by atoms with Crippen molar-refractivity contribution in [3.63, 3.8) is 0 Å². The summed E-state index contributed by atoms with van der Waals surface area (Å²) in [5, 5.41) is 3.19. The maximum atomic E-state index is 11.7. The molecular weight excluding hydrogens is 235 g/mol. The Bertz CT molecular complexity index is 194. The van der Waals surface area contributed by atoms with Gasteiger partial charge in [0.2, 0.25) is 0 Å². The van der Waals surface area contributed by atoms with Gasteiger partial charge in [-0.25, -0.2) is 0 Å². The van der Waals surface area contributed by atoms with Crippen molar-refractivity contribution in [2.45, 2.75) is 25.4 Å². The second-order valence-corrected chi connectivity index (χ2v) is 4.29. The van der Waals surface area contributed by atoms with E-state index in [1.54, 1.807) is 0 Å². The number of nitrogens with one attached hydrogen (secondary N) is 1. The van der Waals surface area contributed by atoms with Crippen LogP contribution in [0.3, 0.4) is 0 Å². The van der Waals surface area contributed by atoms with E-state index in [2.05, 4.69) is 10.1 Å². The van der Waals surface area contributed by atoms with E-state index in [0.717, 1.165) is 32.6 Å². The molecule has 1 N–H and O–H groups in total. The van der Waals surface area contributed by atoms with Crippen molar-refractivity contribution in [1.82, 2.24) is 5.32 Å². The van der Waals surface area contributed by atoms with Crippen LogP contribution < -0.4 is 5.32 Å². The molecule has 17 heavy (non-hydrogen) atoms. The molecule has 3 nitrogen and oxygen atoms in total. The molecule has 6 heteroatoms. The molecule has 1 rings (SSSR count). The van der Waals surface area contributed by atoms with Crippen LogP contribution in [-0.2, 0) is 9.47 Å². The quantitative estimate of drug-likeness (QED) is 0.673. The molecule has 1 heterocycles. The number of hydrogen-bond acceptors (Lipinski definition) is 3. The summed E-state index contributed by atoms with van der Waals surface area (Å²) in [6, 6.07) is 0. The van der Waals surface area contributed by atoms with Gasteiger partial charge in [-0.1, -0.05) is 0 Å². The van der Waals surface area contributed by atoms with Crippen molar-refractivity contribution in [2.24, 2.45) is 5.92 Å². The Morgan fingerprint density at radius 3 is 2.76 bits per heavy atom. The molecule has 1 fully saturated rings. The van der Waals surface area contributed by atoms with Gasteiger partial charge in [0.15, 0.2) is 0 Å². The zero-order valence-electron chi connectivity index (χ0n) is 9.89. The molecule has 0 bridgehead atoms. The predicted octanol–water partition coefficient (Wildman–Crippen LogP) is 1.97. The highest BCUT2D eigenvalue weighted by Gasteiger charge is 2.27. The number of ether oxygens (including phenoxy) is 2. The van der Waals surface area contributed by atoms with Gasteiger partial charge in [-0.2, -0.15) is 13.2 Å². The first-order valence-electron chi connectivity index (χ1n) is 6.01. The summed E-state index contributed by atoms with van der Waals surface area (Å²) in [6.45, 7) is 2.30. The van der Waals surface area contributed by atoms with E-state index in [4.69, 9.17) is 4.74 Å². The first-order chi connectivity index (χ1) is 8.08. The Morgan fingerprint density at radius 1 is 1.29 bits per heavy atom. The first-order valence-corrected chi connectivity index (χ1v) is 6.01. The number of hydrogen-bond donors (Lipinski definition) is 1. The minimum atomic E-state index is -4.21. The maximum Gasteiger partial charge on any atom is 0.411 e. The molecule has 1 aliphatic rings. The topological polar surface area (TPSA) is 30.5 Å². The van der Waals surface area contributed by atoms with Gasteiger partial charge in [0.05, 0.1) is 0 Å².